The lowest BCUT2D eigenvalue weighted by Gasteiger charge is -2.37. The van der Waals surface area contributed by atoms with Crippen molar-refractivity contribution in [3.63, 3.8) is 0 Å². The predicted molar refractivity (Wildman–Crippen MR) is 78.8 cm³/mol. The summed E-state index contributed by atoms with van der Waals surface area (Å²) in [5.41, 5.74) is 7.82. The van der Waals surface area contributed by atoms with Crippen molar-refractivity contribution in [2.45, 2.75) is 46.0 Å². The van der Waals surface area contributed by atoms with E-state index in [2.05, 4.69) is 24.8 Å². The minimum Gasteiger partial charge on any atom is -0.491 e. The van der Waals surface area contributed by atoms with Gasteiger partial charge in [-0.1, -0.05) is 0 Å². The third-order valence-corrected chi connectivity index (χ3v) is 3.07. The monoisotopic (exact) mass is 264 g/mol. The topological polar surface area (TPSA) is 47.7 Å². The van der Waals surface area contributed by atoms with E-state index >= 15 is 0 Å². The van der Waals surface area contributed by atoms with E-state index in [0.717, 1.165) is 30.2 Å². The fourth-order valence-corrected chi connectivity index (χ4v) is 2.52. The quantitative estimate of drug-likeness (QED) is 0.853. The maximum absolute atomic E-state index is 5.97. The molecule has 1 aliphatic rings. The zero-order chi connectivity index (χ0) is 14.0. The van der Waals surface area contributed by atoms with Crippen molar-refractivity contribution in [1.29, 1.82) is 0 Å². The molecule has 0 saturated carbocycles. The molecule has 0 bridgehead atoms. The van der Waals surface area contributed by atoms with Crippen molar-refractivity contribution in [3.8, 4) is 5.75 Å². The second kappa shape index (κ2) is 5.70. The molecular formula is C15H24N2O2. The van der Waals surface area contributed by atoms with Gasteiger partial charge in [0.2, 0.25) is 0 Å². The summed E-state index contributed by atoms with van der Waals surface area (Å²) < 4.78 is 11.5. The van der Waals surface area contributed by atoms with Crippen LogP contribution in [0.4, 0.5) is 11.4 Å². The van der Waals surface area contributed by atoms with Gasteiger partial charge < -0.3 is 20.1 Å². The molecule has 1 fully saturated rings. The van der Waals surface area contributed by atoms with Crippen LogP contribution in [0, 0.1) is 0 Å². The molecule has 1 aliphatic heterocycles. The number of hydrogen-bond acceptors (Lipinski definition) is 4. The van der Waals surface area contributed by atoms with Gasteiger partial charge in [0.05, 0.1) is 18.3 Å². The molecule has 2 N–H and O–H groups in total. The summed E-state index contributed by atoms with van der Waals surface area (Å²) in [6.45, 7) is 9.99. The lowest BCUT2D eigenvalue weighted by Crippen LogP contribution is -2.45. The molecule has 0 spiro atoms. The molecule has 19 heavy (non-hydrogen) atoms. The van der Waals surface area contributed by atoms with Crippen molar-refractivity contribution in [1.82, 2.24) is 0 Å². The average Bonchev–Trinajstić information content (AvgIpc) is 2.25. The number of nitrogens with zero attached hydrogens (tertiary/aromatic N) is 1. The Kier molecular flexibility index (Phi) is 4.20. The first kappa shape index (κ1) is 14.0. The van der Waals surface area contributed by atoms with Crippen LogP contribution in [0.3, 0.4) is 0 Å². The van der Waals surface area contributed by atoms with Gasteiger partial charge in [0.1, 0.15) is 5.75 Å². The van der Waals surface area contributed by atoms with Crippen LogP contribution in [0.15, 0.2) is 18.2 Å². The molecule has 1 saturated heterocycles. The molecule has 1 aromatic rings. The van der Waals surface area contributed by atoms with Crippen LogP contribution in [0.5, 0.6) is 5.75 Å². The normalized spacial score (nSPS) is 23.7. The average molecular weight is 264 g/mol. The van der Waals surface area contributed by atoms with Crippen molar-refractivity contribution < 1.29 is 9.47 Å². The zero-order valence-corrected chi connectivity index (χ0v) is 12.2. The number of nitrogen functional groups attached to an aromatic ring is 1. The van der Waals surface area contributed by atoms with E-state index in [1.807, 2.05) is 26.0 Å². The molecular weight excluding hydrogens is 240 g/mol. The van der Waals surface area contributed by atoms with E-state index < -0.39 is 0 Å². The minimum atomic E-state index is 0.150. The Hall–Kier alpha value is -1.42. The summed E-state index contributed by atoms with van der Waals surface area (Å²) in [5.74, 6) is 0.830. The largest absolute Gasteiger partial charge is 0.491 e. The van der Waals surface area contributed by atoms with Gasteiger partial charge >= 0.3 is 0 Å². The van der Waals surface area contributed by atoms with Crippen LogP contribution < -0.4 is 15.4 Å². The second-order valence-corrected chi connectivity index (χ2v) is 5.59. The molecule has 4 nitrogen and oxygen atoms in total. The first-order chi connectivity index (χ1) is 8.94. The Bertz CT molecular complexity index is 424. The maximum atomic E-state index is 5.97. The first-order valence-corrected chi connectivity index (χ1v) is 6.91. The summed E-state index contributed by atoms with van der Waals surface area (Å²) in [6.07, 6.45) is 0.622. The molecule has 0 unspecified atom stereocenters. The van der Waals surface area contributed by atoms with Crippen molar-refractivity contribution in [2.24, 2.45) is 0 Å². The Morgan fingerprint density at radius 1 is 1.21 bits per heavy atom. The minimum absolute atomic E-state index is 0.150. The summed E-state index contributed by atoms with van der Waals surface area (Å²) >= 11 is 0. The second-order valence-electron chi connectivity index (χ2n) is 5.59. The van der Waals surface area contributed by atoms with E-state index in [0.29, 0.717) is 0 Å². The van der Waals surface area contributed by atoms with E-state index in [4.69, 9.17) is 15.2 Å². The fourth-order valence-electron chi connectivity index (χ4n) is 2.52. The van der Waals surface area contributed by atoms with Crippen molar-refractivity contribution >= 4 is 11.4 Å². The predicted octanol–water partition coefficient (Wildman–Crippen LogP) is 2.67. The molecule has 0 aromatic heterocycles. The van der Waals surface area contributed by atoms with Crippen LogP contribution in [0.1, 0.15) is 27.7 Å². The highest BCUT2D eigenvalue weighted by molar-refractivity contribution is 5.61. The molecule has 2 atom stereocenters. The number of ether oxygens (including phenoxy) is 2. The van der Waals surface area contributed by atoms with Gasteiger partial charge in [-0.15, -0.1) is 0 Å². The standard InChI is InChI=1S/C15H24N2O2/c1-10(2)18-15-6-13(16)5-14(7-15)17-8-11(3)19-12(4)9-17/h5-7,10-12H,8-9,16H2,1-4H3/t11-,12+. The number of anilines is 2. The van der Waals surface area contributed by atoms with E-state index in [1.165, 1.54) is 0 Å². The zero-order valence-electron chi connectivity index (χ0n) is 12.2. The highest BCUT2D eigenvalue weighted by Crippen LogP contribution is 2.28. The Morgan fingerprint density at radius 2 is 1.84 bits per heavy atom. The molecule has 1 heterocycles. The summed E-state index contributed by atoms with van der Waals surface area (Å²) in [6, 6.07) is 5.93. The van der Waals surface area contributed by atoms with E-state index in [-0.39, 0.29) is 18.3 Å². The number of rotatable bonds is 3. The van der Waals surface area contributed by atoms with Crippen LogP contribution in [0.2, 0.25) is 0 Å². The van der Waals surface area contributed by atoms with Crippen LogP contribution in [-0.2, 0) is 4.74 Å². The number of hydrogen-bond donors (Lipinski definition) is 1. The highest BCUT2D eigenvalue weighted by Gasteiger charge is 2.22. The van der Waals surface area contributed by atoms with E-state index in [9.17, 15) is 0 Å². The van der Waals surface area contributed by atoms with Crippen LogP contribution in [0.25, 0.3) is 0 Å². The molecule has 1 aromatic carbocycles. The molecule has 106 valence electrons. The lowest BCUT2D eigenvalue weighted by molar-refractivity contribution is -0.00523. The smallest absolute Gasteiger partial charge is 0.123 e. The first-order valence-electron chi connectivity index (χ1n) is 6.91. The van der Waals surface area contributed by atoms with Crippen molar-refractivity contribution in [2.75, 3.05) is 23.7 Å². The van der Waals surface area contributed by atoms with Gasteiger partial charge in [0, 0.05) is 36.6 Å². The molecule has 4 heteroatoms. The van der Waals surface area contributed by atoms with Gasteiger partial charge in [0.15, 0.2) is 0 Å². The number of benzene rings is 1. The highest BCUT2D eigenvalue weighted by atomic mass is 16.5. The van der Waals surface area contributed by atoms with Gasteiger partial charge in [-0.05, 0) is 33.8 Å². The third kappa shape index (κ3) is 3.77. The molecule has 0 radical (unpaired) electrons. The Labute approximate surface area is 115 Å². The lowest BCUT2D eigenvalue weighted by atomic mass is 10.2. The van der Waals surface area contributed by atoms with Gasteiger partial charge in [-0.3, -0.25) is 0 Å². The molecule has 0 aliphatic carbocycles. The van der Waals surface area contributed by atoms with E-state index in [1.54, 1.807) is 0 Å². The van der Waals surface area contributed by atoms with Crippen molar-refractivity contribution in [3.05, 3.63) is 18.2 Å². The van der Waals surface area contributed by atoms with Gasteiger partial charge in [-0.25, -0.2) is 0 Å². The number of morpholine rings is 1. The third-order valence-electron chi connectivity index (χ3n) is 3.07. The van der Waals surface area contributed by atoms with Gasteiger partial charge in [0.25, 0.3) is 0 Å². The summed E-state index contributed by atoms with van der Waals surface area (Å²) in [4.78, 5) is 2.31. The van der Waals surface area contributed by atoms with Crippen LogP contribution >= 0.6 is 0 Å². The maximum Gasteiger partial charge on any atom is 0.123 e. The molecule has 0 amide bonds. The Balaban J connectivity index is 2.21. The SMILES string of the molecule is CC(C)Oc1cc(N)cc(N2C[C@@H](C)O[C@@H](C)C2)c1. The van der Waals surface area contributed by atoms with Gasteiger partial charge in [-0.2, -0.15) is 0 Å². The Morgan fingerprint density at radius 3 is 2.42 bits per heavy atom. The number of nitrogens with two attached hydrogens (primary N) is 1. The van der Waals surface area contributed by atoms with Crippen LogP contribution in [-0.4, -0.2) is 31.4 Å². The summed E-state index contributed by atoms with van der Waals surface area (Å²) in [7, 11) is 0. The molecule has 2 rings (SSSR count). The fraction of sp³-hybridized carbons (Fsp3) is 0.600. The summed E-state index contributed by atoms with van der Waals surface area (Å²) in [5, 5.41) is 0.